The molecule has 1 aromatic rings. The fraction of sp³-hybridized carbons (Fsp3) is 0.250. The zero-order valence-corrected chi connectivity index (χ0v) is 10.5. The molecule has 1 rings (SSSR count). The van der Waals surface area contributed by atoms with Gasteiger partial charge >= 0.3 is 0 Å². The number of allylic oxidation sites excluding steroid dienone is 4. The van der Waals surface area contributed by atoms with Gasteiger partial charge in [0.15, 0.2) is 0 Å². The number of rotatable bonds is 3. The monoisotopic (exact) mass is 212 g/mol. The van der Waals surface area contributed by atoms with E-state index in [4.69, 9.17) is 0 Å². The van der Waals surface area contributed by atoms with E-state index < -0.39 is 0 Å². The van der Waals surface area contributed by atoms with E-state index in [1.807, 2.05) is 19.1 Å². The molecule has 0 saturated heterocycles. The summed E-state index contributed by atoms with van der Waals surface area (Å²) in [4.78, 5) is 0. The highest BCUT2D eigenvalue weighted by Crippen LogP contribution is 2.10. The van der Waals surface area contributed by atoms with E-state index in [1.165, 1.54) is 16.4 Å². The van der Waals surface area contributed by atoms with Crippen molar-refractivity contribution >= 4 is 12.7 Å². The molecule has 0 fully saturated rings. The van der Waals surface area contributed by atoms with Crippen LogP contribution in [-0.4, -0.2) is 0 Å². The maximum Gasteiger partial charge on any atom is -0.0184 e. The van der Waals surface area contributed by atoms with Crippen LogP contribution in [0.5, 0.6) is 0 Å². The van der Waals surface area contributed by atoms with E-state index in [1.54, 1.807) is 0 Å². The summed E-state index contributed by atoms with van der Waals surface area (Å²) in [6, 6.07) is 8.22. The normalized spacial score (nSPS) is 14.3. The van der Waals surface area contributed by atoms with Gasteiger partial charge in [-0.25, -0.2) is 0 Å². The molecular formula is C16H20. The van der Waals surface area contributed by atoms with Crippen LogP contribution in [0.3, 0.4) is 0 Å². The van der Waals surface area contributed by atoms with Crippen LogP contribution < -0.4 is 10.4 Å². The van der Waals surface area contributed by atoms with Gasteiger partial charge in [0.1, 0.15) is 0 Å². The Hall–Kier alpha value is -1.56. The van der Waals surface area contributed by atoms with Crippen molar-refractivity contribution in [3.05, 3.63) is 58.0 Å². The van der Waals surface area contributed by atoms with Crippen molar-refractivity contribution in [1.82, 2.24) is 0 Å². The zero-order chi connectivity index (χ0) is 12.0. The maximum absolute atomic E-state index is 4.04. The van der Waals surface area contributed by atoms with Crippen LogP contribution in [0.25, 0.3) is 12.7 Å². The minimum atomic E-state index is 1.08. The number of hydrogen-bond donors (Lipinski definition) is 0. The lowest BCUT2D eigenvalue weighted by Gasteiger charge is -2.01. The van der Waals surface area contributed by atoms with Crippen molar-refractivity contribution in [2.75, 3.05) is 0 Å². The molecule has 0 aliphatic heterocycles. The molecule has 0 heteroatoms. The predicted molar refractivity (Wildman–Crippen MR) is 73.5 cm³/mol. The van der Waals surface area contributed by atoms with Crippen LogP contribution in [0.2, 0.25) is 0 Å². The first-order chi connectivity index (χ1) is 7.69. The average Bonchev–Trinajstić information content (AvgIpc) is 2.30. The van der Waals surface area contributed by atoms with Gasteiger partial charge < -0.3 is 0 Å². The summed E-state index contributed by atoms with van der Waals surface area (Å²) in [6.07, 6.45) is 7.53. The van der Waals surface area contributed by atoms with Gasteiger partial charge in [-0.2, -0.15) is 0 Å². The first-order valence-electron chi connectivity index (χ1n) is 5.77. The Bertz CT molecular complexity index is 501. The van der Waals surface area contributed by atoms with Crippen molar-refractivity contribution in [2.45, 2.75) is 27.2 Å². The Morgan fingerprint density at radius 2 is 2.00 bits per heavy atom. The first kappa shape index (κ1) is 12.5. The second kappa shape index (κ2) is 6.12. The number of benzene rings is 1. The molecule has 0 amide bonds. The third kappa shape index (κ3) is 3.23. The molecule has 0 atom stereocenters. The lowest BCUT2D eigenvalue weighted by Crippen LogP contribution is -2.21. The van der Waals surface area contributed by atoms with Crippen LogP contribution in [0.15, 0.2) is 47.6 Å². The molecule has 0 bridgehead atoms. The van der Waals surface area contributed by atoms with Crippen molar-refractivity contribution < 1.29 is 0 Å². The summed E-state index contributed by atoms with van der Waals surface area (Å²) in [5, 5.41) is 2.27. The predicted octanol–water partition coefficient (Wildman–Crippen LogP) is 3.18. The molecule has 1 aromatic carbocycles. The Morgan fingerprint density at radius 1 is 1.31 bits per heavy atom. The minimum absolute atomic E-state index is 1.08. The largest absolute Gasteiger partial charge is 0.0912 e. The van der Waals surface area contributed by atoms with Crippen molar-refractivity contribution in [3.8, 4) is 0 Å². The van der Waals surface area contributed by atoms with E-state index in [0.717, 1.165) is 11.6 Å². The maximum atomic E-state index is 4.04. The van der Waals surface area contributed by atoms with Crippen LogP contribution in [0.1, 0.15) is 27.2 Å². The van der Waals surface area contributed by atoms with Gasteiger partial charge in [0.2, 0.25) is 0 Å². The van der Waals surface area contributed by atoms with Crippen LogP contribution in [0.4, 0.5) is 0 Å². The second-order valence-electron chi connectivity index (χ2n) is 3.93. The van der Waals surface area contributed by atoms with Gasteiger partial charge in [0, 0.05) is 0 Å². The smallest absolute Gasteiger partial charge is 0.0184 e. The topological polar surface area (TPSA) is 0 Å². The standard InChI is InChI=1S/C16H20/c1-5-9-15(13(3)6-2)12-16-11-8-7-10-14(16)4/h5,7-12H,4,6H2,1-3H3/b9-5-,15-13-,16-12-. The van der Waals surface area contributed by atoms with E-state index in [9.17, 15) is 0 Å². The summed E-state index contributed by atoms with van der Waals surface area (Å²) in [7, 11) is 0. The Balaban J connectivity index is 3.35. The highest BCUT2D eigenvalue weighted by atomic mass is 14.0. The van der Waals surface area contributed by atoms with Crippen molar-refractivity contribution in [1.29, 1.82) is 0 Å². The Kier molecular flexibility index (Phi) is 4.78. The summed E-state index contributed by atoms with van der Waals surface area (Å²) < 4.78 is 0. The highest BCUT2D eigenvalue weighted by molar-refractivity contribution is 5.55. The summed E-state index contributed by atoms with van der Waals surface area (Å²) >= 11 is 0. The fourth-order valence-corrected chi connectivity index (χ4v) is 1.54. The van der Waals surface area contributed by atoms with Gasteiger partial charge in [-0.05, 0) is 42.4 Å². The second-order valence-corrected chi connectivity index (χ2v) is 3.93. The highest BCUT2D eigenvalue weighted by Gasteiger charge is 1.93. The van der Waals surface area contributed by atoms with Crippen LogP contribution >= 0.6 is 0 Å². The molecule has 0 radical (unpaired) electrons. The summed E-state index contributed by atoms with van der Waals surface area (Å²) in [5.74, 6) is 0. The molecule has 0 saturated carbocycles. The van der Waals surface area contributed by atoms with E-state index in [0.29, 0.717) is 0 Å². The molecule has 16 heavy (non-hydrogen) atoms. The van der Waals surface area contributed by atoms with Gasteiger partial charge in [-0.1, -0.05) is 55.5 Å². The minimum Gasteiger partial charge on any atom is -0.0912 e. The molecule has 84 valence electrons. The molecule has 0 heterocycles. The summed E-state index contributed by atoms with van der Waals surface area (Å²) in [6.45, 7) is 10.5. The van der Waals surface area contributed by atoms with E-state index in [2.05, 4.69) is 50.8 Å². The fourth-order valence-electron chi connectivity index (χ4n) is 1.54. The average molecular weight is 212 g/mol. The van der Waals surface area contributed by atoms with Crippen LogP contribution in [-0.2, 0) is 0 Å². The number of hydrogen-bond acceptors (Lipinski definition) is 0. The molecule has 0 nitrogen and oxygen atoms in total. The molecule has 0 aromatic heterocycles. The summed E-state index contributed by atoms with van der Waals surface area (Å²) in [5.41, 5.74) is 2.70. The van der Waals surface area contributed by atoms with Crippen LogP contribution in [0, 0.1) is 0 Å². The third-order valence-electron chi connectivity index (χ3n) is 2.74. The van der Waals surface area contributed by atoms with E-state index >= 15 is 0 Å². The zero-order valence-electron chi connectivity index (χ0n) is 10.5. The van der Waals surface area contributed by atoms with Gasteiger partial charge in [0.25, 0.3) is 0 Å². The molecule has 0 spiro atoms. The Morgan fingerprint density at radius 3 is 2.56 bits per heavy atom. The lowest BCUT2D eigenvalue weighted by atomic mass is 10.0. The molecule has 0 unspecified atom stereocenters. The molecule has 0 aliphatic rings. The SMILES string of the molecule is C=c1cccc/c1=C/C(/C=C\C)=C(/C)CC. The first-order valence-corrected chi connectivity index (χ1v) is 5.77. The quantitative estimate of drug-likeness (QED) is 0.675. The molecule has 0 N–H and O–H groups in total. The van der Waals surface area contributed by atoms with Gasteiger partial charge in [0.05, 0.1) is 0 Å². The van der Waals surface area contributed by atoms with Gasteiger partial charge in [-0.15, -0.1) is 0 Å². The molecule has 0 aliphatic carbocycles. The van der Waals surface area contributed by atoms with Gasteiger partial charge in [-0.3, -0.25) is 0 Å². The lowest BCUT2D eigenvalue weighted by molar-refractivity contribution is 1.09. The van der Waals surface area contributed by atoms with Crippen molar-refractivity contribution in [3.63, 3.8) is 0 Å². The van der Waals surface area contributed by atoms with Crippen molar-refractivity contribution in [2.24, 2.45) is 0 Å². The van der Waals surface area contributed by atoms with E-state index in [-0.39, 0.29) is 0 Å². The molecular weight excluding hydrogens is 192 g/mol. The third-order valence-corrected chi connectivity index (χ3v) is 2.74. The Labute approximate surface area is 98.3 Å².